The summed E-state index contributed by atoms with van der Waals surface area (Å²) in [6.45, 7) is 8.92. The maximum absolute atomic E-state index is 4.65. The highest BCUT2D eigenvalue weighted by Gasteiger charge is 2.08. The van der Waals surface area contributed by atoms with E-state index in [9.17, 15) is 0 Å². The quantitative estimate of drug-likeness (QED) is 0.746. The molecular weight excluding hydrogens is 210 g/mol. The molecule has 0 aromatic carbocycles. The van der Waals surface area contributed by atoms with Crippen molar-refractivity contribution in [2.75, 3.05) is 0 Å². The Morgan fingerprint density at radius 1 is 1.43 bits per heavy atom. The summed E-state index contributed by atoms with van der Waals surface area (Å²) in [7, 11) is 0. The summed E-state index contributed by atoms with van der Waals surface area (Å²) >= 11 is 3.77. The fourth-order valence-electron chi connectivity index (χ4n) is 1.06. The molecule has 0 amide bonds. The number of aromatic nitrogens is 1. The number of rotatable bonds is 5. The van der Waals surface area contributed by atoms with Gasteiger partial charge in [-0.05, 0) is 17.6 Å². The summed E-state index contributed by atoms with van der Waals surface area (Å²) in [5.74, 6) is 1.68. The zero-order chi connectivity index (χ0) is 10.6. The van der Waals surface area contributed by atoms with E-state index < -0.39 is 0 Å². The van der Waals surface area contributed by atoms with Gasteiger partial charge in [-0.1, -0.05) is 27.7 Å². The van der Waals surface area contributed by atoms with Gasteiger partial charge in [0.2, 0.25) is 0 Å². The summed E-state index contributed by atoms with van der Waals surface area (Å²) in [5, 5.41) is 4.19. The third-order valence-electron chi connectivity index (χ3n) is 2.23. The lowest BCUT2D eigenvalue weighted by atomic mass is 10.1. The Kier molecular flexibility index (Phi) is 4.96. The Hall–Kier alpha value is -0.0200. The maximum atomic E-state index is 4.65. The number of nitrogens with zero attached hydrogens (tertiary/aromatic N) is 1. The van der Waals surface area contributed by atoms with Crippen LogP contribution in [0.25, 0.3) is 0 Å². The van der Waals surface area contributed by atoms with Gasteiger partial charge in [-0.25, -0.2) is 4.98 Å². The second-order valence-corrected chi connectivity index (χ2v) is 6.34. The topological polar surface area (TPSA) is 12.9 Å². The maximum Gasteiger partial charge on any atom is 0.103 e. The molecule has 3 heteroatoms. The molecule has 0 saturated carbocycles. The van der Waals surface area contributed by atoms with Crippen molar-refractivity contribution in [3.05, 3.63) is 16.1 Å². The highest BCUT2D eigenvalue weighted by atomic mass is 32.2. The third-order valence-corrected chi connectivity index (χ3v) is 4.38. The molecule has 1 aromatic heterocycles. The van der Waals surface area contributed by atoms with Crippen LogP contribution in [-0.4, -0.2) is 10.2 Å². The van der Waals surface area contributed by atoms with E-state index in [1.807, 2.05) is 11.8 Å². The zero-order valence-corrected chi connectivity index (χ0v) is 11.0. The molecule has 0 spiro atoms. The number of thioether (sulfide) groups is 1. The van der Waals surface area contributed by atoms with Gasteiger partial charge in [0.25, 0.3) is 0 Å². The fraction of sp³-hybridized carbons (Fsp3) is 0.727. The van der Waals surface area contributed by atoms with Crippen LogP contribution in [0.2, 0.25) is 0 Å². The SMILES string of the molecule is CCC(C)c1csc(CSC(C)C)n1. The molecule has 0 fully saturated rings. The van der Waals surface area contributed by atoms with E-state index in [2.05, 4.69) is 38.1 Å². The molecule has 0 aliphatic rings. The third kappa shape index (κ3) is 3.62. The van der Waals surface area contributed by atoms with Gasteiger partial charge < -0.3 is 0 Å². The molecule has 1 heterocycles. The Balaban J connectivity index is 2.50. The lowest BCUT2D eigenvalue weighted by Crippen LogP contribution is -1.93. The Bertz CT molecular complexity index is 268. The Morgan fingerprint density at radius 3 is 2.71 bits per heavy atom. The van der Waals surface area contributed by atoms with E-state index in [0.717, 1.165) is 5.75 Å². The van der Waals surface area contributed by atoms with E-state index in [1.165, 1.54) is 17.1 Å². The molecule has 0 radical (unpaired) electrons. The van der Waals surface area contributed by atoms with Crippen LogP contribution in [0, 0.1) is 0 Å². The average molecular weight is 229 g/mol. The van der Waals surface area contributed by atoms with Gasteiger partial charge in [-0.3, -0.25) is 0 Å². The normalized spacial score (nSPS) is 13.5. The Morgan fingerprint density at radius 2 is 2.14 bits per heavy atom. The van der Waals surface area contributed by atoms with E-state index >= 15 is 0 Å². The molecule has 0 bridgehead atoms. The minimum Gasteiger partial charge on any atom is -0.245 e. The minimum absolute atomic E-state index is 0.615. The molecule has 1 nitrogen and oxygen atoms in total. The van der Waals surface area contributed by atoms with Crippen LogP contribution in [0.15, 0.2) is 5.38 Å². The molecule has 0 aliphatic carbocycles. The smallest absolute Gasteiger partial charge is 0.103 e. The van der Waals surface area contributed by atoms with Crippen LogP contribution in [0.5, 0.6) is 0 Å². The van der Waals surface area contributed by atoms with Crippen molar-refractivity contribution in [1.29, 1.82) is 0 Å². The lowest BCUT2D eigenvalue weighted by molar-refractivity contribution is 0.711. The predicted octanol–water partition coefficient (Wildman–Crippen LogP) is 4.30. The van der Waals surface area contributed by atoms with E-state index in [0.29, 0.717) is 11.2 Å². The lowest BCUT2D eigenvalue weighted by Gasteiger charge is -2.03. The molecule has 1 unspecified atom stereocenters. The molecule has 0 aliphatic heterocycles. The molecular formula is C11H19NS2. The van der Waals surface area contributed by atoms with Crippen LogP contribution in [0.3, 0.4) is 0 Å². The van der Waals surface area contributed by atoms with Gasteiger partial charge in [-0.2, -0.15) is 11.8 Å². The van der Waals surface area contributed by atoms with Gasteiger partial charge in [0, 0.05) is 11.1 Å². The molecule has 0 N–H and O–H groups in total. The second-order valence-electron chi connectivity index (χ2n) is 3.84. The van der Waals surface area contributed by atoms with E-state index in [4.69, 9.17) is 0 Å². The first-order valence-electron chi connectivity index (χ1n) is 5.19. The van der Waals surface area contributed by atoms with Crippen molar-refractivity contribution < 1.29 is 0 Å². The van der Waals surface area contributed by atoms with Crippen molar-refractivity contribution in [3.63, 3.8) is 0 Å². The summed E-state index contributed by atoms with van der Waals surface area (Å²) < 4.78 is 0. The van der Waals surface area contributed by atoms with Crippen molar-refractivity contribution in [2.24, 2.45) is 0 Å². The van der Waals surface area contributed by atoms with Gasteiger partial charge in [0.1, 0.15) is 5.01 Å². The molecule has 1 atom stereocenters. The van der Waals surface area contributed by atoms with Crippen molar-refractivity contribution in [1.82, 2.24) is 4.98 Å². The molecule has 1 aromatic rings. The number of hydrogen-bond donors (Lipinski definition) is 0. The van der Waals surface area contributed by atoms with Crippen LogP contribution in [-0.2, 0) is 5.75 Å². The van der Waals surface area contributed by atoms with E-state index in [1.54, 1.807) is 11.3 Å². The average Bonchev–Trinajstić information content (AvgIpc) is 2.62. The Labute approximate surface area is 95.3 Å². The minimum atomic E-state index is 0.615. The van der Waals surface area contributed by atoms with Crippen molar-refractivity contribution >= 4 is 23.1 Å². The monoisotopic (exact) mass is 229 g/mol. The molecule has 80 valence electrons. The van der Waals surface area contributed by atoms with Crippen LogP contribution >= 0.6 is 23.1 Å². The molecule has 1 rings (SSSR count). The second kappa shape index (κ2) is 5.76. The van der Waals surface area contributed by atoms with Gasteiger partial charge >= 0.3 is 0 Å². The van der Waals surface area contributed by atoms with Crippen LogP contribution in [0.4, 0.5) is 0 Å². The van der Waals surface area contributed by atoms with Gasteiger partial charge in [-0.15, -0.1) is 11.3 Å². The number of hydrogen-bond acceptors (Lipinski definition) is 3. The fourth-order valence-corrected chi connectivity index (χ4v) is 2.78. The first-order chi connectivity index (χ1) is 6.63. The standard InChI is InChI=1S/C11H19NS2/c1-5-9(4)10-6-14-11(12-10)7-13-8(2)3/h6,8-9H,5,7H2,1-4H3. The summed E-state index contributed by atoms with van der Waals surface area (Å²) in [5.41, 5.74) is 1.27. The van der Waals surface area contributed by atoms with Crippen molar-refractivity contribution in [2.45, 2.75) is 51.0 Å². The van der Waals surface area contributed by atoms with Crippen LogP contribution < -0.4 is 0 Å². The zero-order valence-electron chi connectivity index (χ0n) is 9.41. The van der Waals surface area contributed by atoms with Gasteiger partial charge in [0.15, 0.2) is 0 Å². The highest BCUT2D eigenvalue weighted by Crippen LogP contribution is 2.24. The summed E-state index contributed by atoms with van der Waals surface area (Å²) in [6.07, 6.45) is 1.18. The number of thiazole rings is 1. The molecule has 0 saturated heterocycles. The first-order valence-corrected chi connectivity index (χ1v) is 7.12. The van der Waals surface area contributed by atoms with Gasteiger partial charge in [0.05, 0.1) is 5.69 Å². The van der Waals surface area contributed by atoms with E-state index in [-0.39, 0.29) is 0 Å². The van der Waals surface area contributed by atoms with Crippen molar-refractivity contribution in [3.8, 4) is 0 Å². The first kappa shape index (κ1) is 12.1. The summed E-state index contributed by atoms with van der Waals surface area (Å²) in [6, 6.07) is 0. The predicted molar refractivity (Wildman–Crippen MR) is 67.3 cm³/mol. The highest BCUT2D eigenvalue weighted by molar-refractivity contribution is 7.99. The van der Waals surface area contributed by atoms with Crippen LogP contribution in [0.1, 0.15) is 50.7 Å². The largest absolute Gasteiger partial charge is 0.245 e. The summed E-state index contributed by atoms with van der Waals surface area (Å²) in [4.78, 5) is 4.65. The molecule has 14 heavy (non-hydrogen) atoms.